The number of thiocarbonyl (C=S) groups is 1. The van der Waals surface area contributed by atoms with Crippen LogP contribution in [0.15, 0.2) is 30.3 Å². The molecule has 1 saturated heterocycles. The standard InChI is InChI=1S/C16H20N4O4S/c1-19-15(24)12(10-14(23)17-11-6-3-2-4-7-11)20(16(19)25)18-13(22)8-5-9-21/h2-4,6-7,12,21H,5,8-10H2,1H3,(H,17,23)(H,18,22). The molecule has 2 rings (SSSR count). The van der Waals surface area contributed by atoms with Crippen LogP contribution in [0.25, 0.3) is 0 Å². The number of anilines is 1. The maximum absolute atomic E-state index is 12.3. The van der Waals surface area contributed by atoms with Crippen molar-refractivity contribution in [2.24, 2.45) is 0 Å². The first-order valence-corrected chi connectivity index (χ1v) is 8.21. The number of nitrogens with zero attached hydrogens (tertiary/aromatic N) is 2. The van der Waals surface area contributed by atoms with E-state index in [1.54, 1.807) is 24.3 Å². The summed E-state index contributed by atoms with van der Waals surface area (Å²) in [7, 11) is 1.49. The summed E-state index contributed by atoms with van der Waals surface area (Å²) in [6.07, 6.45) is 0.240. The summed E-state index contributed by atoms with van der Waals surface area (Å²) in [5, 5.41) is 12.9. The topological polar surface area (TPSA) is 102 Å². The third-order valence-corrected chi connectivity index (χ3v) is 4.13. The van der Waals surface area contributed by atoms with Crippen molar-refractivity contribution in [2.75, 3.05) is 19.0 Å². The molecular formula is C16H20N4O4S. The van der Waals surface area contributed by atoms with Gasteiger partial charge in [0.05, 0.1) is 6.42 Å². The average Bonchev–Trinajstić information content (AvgIpc) is 2.79. The highest BCUT2D eigenvalue weighted by Crippen LogP contribution is 2.18. The second kappa shape index (κ2) is 8.54. The summed E-state index contributed by atoms with van der Waals surface area (Å²) in [5.41, 5.74) is 3.16. The van der Waals surface area contributed by atoms with Crippen LogP contribution in [0.1, 0.15) is 19.3 Å². The maximum Gasteiger partial charge on any atom is 0.253 e. The number of carbonyl (C=O) groups is 3. The van der Waals surface area contributed by atoms with E-state index in [-0.39, 0.29) is 42.3 Å². The van der Waals surface area contributed by atoms with Crippen LogP contribution in [0.2, 0.25) is 0 Å². The van der Waals surface area contributed by atoms with Gasteiger partial charge in [0, 0.05) is 25.8 Å². The number of likely N-dealkylation sites (N-methyl/N-ethyl adjacent to an activating group) is 1. The molecule has 1 heterocycles. The smallest absolute Gasteiger partial charge is 0.253 e. The summed E-state index contributed by atoms with van der Waals surface area (Å²) < 4.78 is 0. The number of rotatable bonds is 7. The zero-order chi connectivity index (χ0) is 18.4. The van der Waals surface area contributed by atoms with Crippen LogP contribution in [0.3, 0.4) is 0 Å². The summed E-state index contributed by atoms with van der Waals surface area (Å²) in [4.78, 5) is 37.7. The van der Waals surface area contributed by atoms with E-state index in [9.17, 15) is 14.4 Å². The molecule has 1 aliphatic rings. The van der Waals surface area contributed by atoms with E-state index in [1.165, 1.54) is 17.0 Å². The normalized spacial score (nSPS) is 17.0. The number of hydrogen-bond acceptors (Lipinski definition) is 5. The first kappa shape index (κ1) is 18.8. The van der Waals surface area contributed by atoms with E-state index < -0.39 is 6.04 Å². The summed E-state index contributed by atoms with van der Waals surface area (Å²) in [6.45, 7) is -0.111. The Morgan fingerprint density at radius 3 is 2.56 bits per heavy atom. The van der Waals surface area contributed by atoms with Gasteiger partial charge in [-0.2, -0.15) is 0 Å². The minimum absolute atomic E-state index is 0.0937. The van der Waals surface area contributed by atoms with Crippen molar-refractivity contribution in [3.63, 3.8) is 0 Å². The number of carbonyl (C=O) groups excluding carboxylic acids is 3. The van der Waals surface area contributed by atoms with Gasteiger partial charge in [-0.3, -0.25) is 24.7 Å². The van der Waals surface area contributed by atoms with Crippen molar-refractivity contribution in [1.29, 1.82) is 0 Å². The number of aliphatic hydroxyl groups excluding tert-OH is 1. The first-order valence-electron chi connectivity index (χ1n) is 7.80. The van der Waals surface area contributed by atoms with E-state index >= 15 is 0 Å². The molecule has 1 unspecified atom stereocenters. The molecule has 3 N–H and O–H groups in total. The molecule has 0 bridgehead atoms. The predicted octanol–water partition coefficient (Wildman–Crippen LogP) is 0.246. The number of para-hydroxylation sites is 1. The van der Waals surface area contributed by atoms with Gasteiger partial charge in [0.2, 0.25) is 11.8 Å². The number of benzene rings is 1. The third-order valence-electron chi connectivity index (χ3n) is 3.66. The second-order valence-electron chi connectivity index (χ2n) is 5.55. The van der Waals surface area contributed by atoms with Crippen LogP contribution in [0.5, 0.6) is 0 Å². The second-order valence-corrected chi connectivity index (χ2v) is 5.91. The molecule has 3 amide bonds. The molecular weight excluding hydrogens is 344 g/mol. The molecule has 0 aliphatic carbocycles. The number of amides is 3. The van der Waals surface area contributed by atoms with Crippen molar-refractivity contribution >= 4 is 40.7 Å². The fourth-order valence-electron chi connectivity index (χ4n) is 2.37. The molecule has 0 aromatic heterocycles. The Hall–Kier alpha value is -2.52. The zero-order valence-electron chi connectivity index (χ0n) is 13.8. The molecule has 1 aromatic carbocycles. The lowest BCUT2D eigenvalue weighted by Gasteiger charge is -2.23. The molecule has 1 fully saturated rings. The number of hydrazine groups is 1. The van der Waals surface area contributed by atoms with Gasteiger partial charge >= 0.3 is 0 Å². The number of nitrogens with one attached hydrogen (secondary N) is 2. The van der Waals surface area contributed by atoms with Crippen LogP contribution in [-0.2, 0) is 14.4 Å². The highest BCUT2D eigenvalue weighted by molar-refractivity contribution is 7.80. The Morgan fingerprint density at radius 1 is 1.24 bits per heavy atom. The summed E-state index contributed by atoms with van der Waals surface area (Å²) >= 11 is 5.17. The van der Waals surface area contributed by atoms with Crippen molar-refractivity contribution in [3.05, 3.63) is 30.3 Å². The highest BCUT2D eigenvalue weighted by atomic mass is 32.1. The quantitative estimate of drug-likeness (QED) is 0.600. The van der Waals surface area contributed by atoms with Crippen LogP contribution in [0.4, 0.5) is 5.69 Å². The summed E-state index contributed by atoms with van der Waals surface area (Å²) in [5.74, 6) is -1.11. The van der Waals surface area contributed by atoms with Gasteiger partial charge in [0.15, 0.2) is 5.11 Å². The molecule has 0 spiro atoms. The maximum atomic E-state index is 12.3. The van der Waals surface area contributed by atoms with E-state index in [2.05, 4.69) is 10.7 Å². The zero-order valence-corrected chi connectivity index (χ0v) is 14.6. The van der Waals surface area contributed by atoms with Crippen LogP contribution < -0.4 is 10.7 Å². The SMILES string of the molecule is CN1C(=O)C(CC(=O)Nc2ccccc2)N(NC(=O)CCCO)C1=S. The molecule has 25 heavy (non-hydrogen) atoms. The van der Waals surface area contributed by atoms with Crippen LogP contribution in [-0.4, -0.2) is 57.5 Å². The summed E-state index contributed by atoms with van der Waals surface area (Å²) in [6, 6.07) is 7.96. The lowest BCUT2D eigenvalue weighted by molar-refractivity contribution is -0.132. The number of aliphatic hydroxyl groups is 1. The number of hydrogen-bond donors (Lipinski definition) is 3. The third kappa shape index (κ3) is 4.74. The Kier molecular flexibility index (Phi) is 6.43. The predicted molar refractivity (Wildman–Crippen MR) is 95.1 cm³/mol. The molecule has 8 nitrogen and oxygen atoms in total. The largest absolute Gasteiger partial charge is 0.396 e. The van der Waals surface area contributed by atoms with Crippen LogP contribution in [0, 0.1) is 0 Å². The highest BCUT2D eigenvalue weighted by Gasteiger charge is 2.42. The average molecular weight is 364 g/mol. The molecule has 1 aliphatic heterocycles. The van der Waals surface area contributed by atoms with Gasteiger partial charge in [-0.1, -0.05) is 18.2 Å². The minimum atomic E-state index is -0.903. The van der Waals surface area contributed by atoms with Crippen molar-refractivity contribution in [3.8, 4) is 0 Å². The fourth-order valence-corrected chi connectivity index (χ4v) is 2.63. The van der Waals surface area contributed by atoms with Gasteiger partial charge in [0.25, 0.3) is 5.91 Å². The molecule has 0 saturated carbocycles. The lowest BCUT2D eigenvalue weighted by atomic mass is 10.2. The Morgan fingerprint density at radius 2 is 1.92 bits per heavy atom. The van der Waals surface area contributed by atoms with E-state index in [0.29, 0.717) is 12.1 Å². The van der Waals surface area contributed by atoms with Gasteiger partial charge in [-0.15, -0.1) is 0 Å². The molecule has 1 aromatic rings. The Bertz CT molecular complexity index is 667. The fraction of sp³-hybridized carbons (Fsp3) is 0.375. The Balaban J connectivity index is 2.04. The van der Waals surface area contributed by atoms with Gasteiger partial charge in [-0.25, -0.2) is 5.01 Å². The molecule has 9 heteroatoms. The van der Waals surface area contributed by atoms with E-state index in [0.717, 1.165) is 0 Å². The van der Waals surface area contributed by atoms with Gasteiger partial charge in [0.1, 0.15) is 6.04 Å². The van der Waals surface area contributed by atoms with Crippen molar-refractivity contribution < 1.29 is 19.5 Å². The van der Waals surface area contributed by atoms with Gasteiger partial charge < -0.3 is 10.4 Å². The first-order chi connectivity index (χ1) is 11.9. The molecule has 134 valence electrons. The molecule has 1 atom stereocenters. The monoisotopic (exact) mass is 364 g/mol. The lowest BCUT2D eigenvalue weighted by Crippen LogP contribution is -2.49. The van der Waals surface area contributed by atoms with Gasteiger partial charge in [-0.05, 0) is 30.8 Å². The van der Waals surface area contributed by atoms with Crippen molar-refractivity contribution in [2.45, 2.75) is 25.3 Å². The van der Waals surface area contributed by atoms with E-state index in [4.69, 9.17) is 17.3 Å². The van der Waals surface area contributed by atoms with Crippen molar-refractivity contribution in [1.82, 2.24) is 15.3 Å². The van der Waals surface area contributed by atoms with E-state index in [1.807, 2.05) is 6.07 Å². The van der Waals surface area contributed by atoms with Crippen LogP contribution >= 0.6 is 12.2 Å². The molecule has 0 radical (unpaired) electrons. The Labute approximate surface area is 150 Å². The minimum Gasteiger partial charge on any atom is -0.396 e.